The molecule has 0 heterocycles. The zero-order valence-corrected chi connectivity index (χ0v) is 8.08. The summed E-state index contributed by atoms with van der Waals surface area (Å²) in [6.45, 7) is 3.47. The Hall–Kier alpha value is -0.830. The first-order valence-electron chi connectivity index (χ1n) is 4.56. The Labute approximate surface area is 78.1 Å². The third-order valence-electron chi connectivity index (χ3n) is 2.68. The van der Waals surface area contributed by atoms with Crippen LogP contribution in [0.15, 0.2) is 11.6 Å². The quantitative estimate of drug-likeness (QED) is 0.640. The Bertz CT molecular complexity index is 241. The molecule has 74 valence electrons. The second-order valence-corrected chi connectivity index (χ2v) is 4.04. The average molecular weight is 184 g/mol. The van der Waals surface area contributed by atoms with E-state index in [1.54, 1.807) is 13.8 Å². The molecule has 0 amide bonds. The highest BCUT2D eigenvalue weighted by atomic mass is 16.4. The van der Waals surface area contributed by atoms with Gasteiger partial charge in [0.05, 0.1) is 11.5 Å². The van der Waals surface area contributed by atoms with Crippen molar-refractivity contribution in [3.05, 3.63) is 11.6 Å². The highest BCUT2D eigenvalue weighted by Crippen LogP contribution is 2.30. The van der Waals surface area contributed by atoms with Crippen molar-refractivity contribution < 1.29 is 15.0 Å². The first kappa shape index (κ1) is 10.3. The van der Waals surface area contributed by atoms with Gasteiger partial charge in [-0.25, -0.2) is 0 Å². The topological polar surface area (TPSA) is 57.5 Å². The molecular formula is C10H16O3. The lowest BCUT2D eigenvalue weighted by Crippen LogP contribution is -2.28. The molecule has 3 nitrogen and oxygen atoms in total. The number of carbonyl (C=O) groups is 1. The van der Waals surface area contributed by atoms with E-state index in [0.717, 1.165) is 5.57 Å². The van der Waals surface area contributed by atoms with Crippen LogP contribution < -0.4 is 0 Å². The maximum Gasteiger partial charge on any atom is 0.310 e. The molecule has 0 saturated carbocycles. The molecular weight excluding hydrogens is 168 g/mol. The van der Waals surface area contributed by atoms with Gasteiger partial charge in [0.2, 0.25) is 0 Å². The number of hydrogen-bond acceptors (Lipinski definition) is 2. The summed E-state index contributed by atoms with van der Waals surface area (Å²) in [5.41, 5.74) is 0.306. The molecule has 1 rings (SSSR count). The summed E-state index contributed by atoms with van der Waals surface area (Å²) in [6.07, 6.45) is 3.79. The van der Waals surface area contributed by atoms with E-state index in [1.165, 1.54) is 0 Å². The van der Waals surface area contributed by atoms with Crippen molar-refractivity contribution in [1.29, 1.82) is 0 Å². The molecule has 0 aromatic carbocycles. The van der Waals surface area contributed by atoms with E-state index in [-0.39, 0.29) is 0 Å². The molecule has 0 aliphatic heterocycles. The molecule has 2 N–H and O–H groups in total. The van der Waals surface area contributed by atoms with Crippen LogP contribution in [0.1, 0.15) is 33.1 Å². The minimum atomic E-state index is -0.784. The SMILES string of the molecule is C[C@@H](C(=O)O)C1=CC[C@@](C)(O)CC1. The summed E-state index contributed by atoms with van der Waals surface area (Å²) >= 11 is 0. The van der Waals surface area contributed by atoms with E-state index in [2.05, 4.69) is 0 Å². The van der Waals surface area contributed by atoms with Gasteiger partial charge in [0.1, 0.15) is 0 Å². The van der Waals surface area contributed by atoms with Crippen molar-refractivity contribution in [2.24, 2.45) is 5.92 Å². The lowest BCUT2D eigenvalue weighted by atomic mass is 9.83. The second kappa shape index (κ2) is 3.50. The smallest absolute Gasteiger partial charge is 0.310 e. The van der Waals surface area contributed by atoms with Crippen LogP contribution in [0, 0.1) is 5.92 Å². The first-order valence-corrected chi connectivity index (χ1v) is 4.56. The van der Waals surface area contributed by atoms with Crippen LogP contribution in [0.5, 0.6) is 0 Å². The number of aliphatic hydroxyl groups is 1. The zero-order valence-electron chi connectivity index (χ0n) is 8.08. The third-order valence-corrected chi connectivity index (χ3v) is 2.68. The molecule has 0 radical (unpaired) electrons. The van der Waals surface area contributed by atoms with Gasteiger partial charge in [-0.2, -0.15) is 0 Å². The lowest BCUT2D eigenvalue weighted by molar-refractivity contribution is -0.140. The largest absolute Gasteiger partial charge is 0.481 e. The molecule has 0 saturated heterocycles. The Morgan fingerprint density at radius 2 is 2.31 bits per heavy atom. The summed E-state index contributed by atoms with van der Waals surface area (Å²) in [4.78, 5) is 10.7. The van der Waals surface area contributed by atoms with E-state index in [0.29, 0.717) is 19.3 Å². The molecule has 2 atom stereocenters. The normalized spacial score (nSPS) is 30.8. The number of carboxylic acids is 1. The minimum Gasteiger partial charge on any atom is -0.481 e. The fourth-order valence-electron chi connectivity index (χ4n) is 1.52. The van der Waals surface area contributed by atoms with Gasteiger partial charge < -0.3 is 10.2 Å². The van der Waals surface area contributed by atoms with E-state index in [1.807, 2.05) is 6.08 Å². The van der Waals surface area contributed by atoms with Crippen LogP contribution in [0.4, 0.5) is 0 Å². The molecule has 0 unspecified atom stereocenters. The Morgan fingerprint density at radius 1 is 1.69 bits per heavy atom. The van der Waals surface area contributed by atoms with Crippen molar-refractivity contribution in [2.75, 3.05) is 0 Å². The Balaban J connectivity index is 2.65. The molecule has 1 aliphatic carbocycles. The standard InChI is InChI=1S/C10H16O3/c1-7(9(11)12)8-3-5-10(2,13)6-4-8/h3,7,13H,4-6H2,1-2H3,(H,11,12)/t7-,10-/m1/s1. The number of rotatable bonds is 2. The highest BCUT2D eigenvalue weighted by molar-refractivity contribution is 5.73. The van der Waals surface area contributed by atoms with Crippen LogP contribution in [-0.4, -0.2) is 21.8 Å². The molecule has 0 aromatic rings. The first-order chi connectivity index (χ1) is 5.92. The molecule has 0 fully saturated rings. The van der Waals surface area contributed by atoms with Crippen molar-refractivity contribution in [3.8, 4) is 0 Å². The summed E-state index contributed by atoms with van der Waals surface area (Å²) in [7, 11) is 0. The molecule has 3 heteroatoms. The predicted octanol–water partition coefficient (Wildman–Crippen LogP) is 1.57. The molecule has 0 spiro atoms. The predicted molar refractivity (Wildman–Crippen MR) is 49.4 cm³/mol. The Kier molecular flexibility index (Phi) is 2.76. The van der Waals surface area contributed by atoms with Crippen LogP contribution in [-0.2, 0) is 4.79 Å². The maximum absolute atomic E-state index is 10.7. The summed E-state index contributed by atoms with van der Waals surface area (Å²) in [5, 5.41) is 18.4. The van der Waals surface area contributed by atoms with E-state index in [9.17, 15) is 9.90 Å². The minimum absolute atomic E-state index is 0.406. The molecule has 1 aliphatic rings. The maximum atomic E-state index is 10.7. The number of aliphatic carboxylic acids is 1. The monoisotopic (exact) mass is 184 g/mol. The number of hydrogen-bond donors (Lipinski definition) is 2. The zero-order chi connectivity index (χ0) is 10.1. The van der Waals surface area contributed by atoms with Gasteiger partial charge in [-0.15, -0.1) is 0 Å². The van der Waals surface area contributed by atoms with E-state index < -0.39 is 17.5 Å². The molecule has 0 aromatic heterocycles. The summed E-state index contributed by atoms with van der Waals surface area (Å²) < 4.78 is 0. The van der Waals surface area contributed by atoms with Crippen LogP contribution in [0.2, 0.25) is 0 Å². The third kappa shape index (κ3) is 2.56. The highest BCUT2D eigenvalue weighted by Gasteiger charge is 2.27. The second-order valence-electron chi connectivity index (χ2n) is 4.04. The Morgan fingerprint density at radius 3 is 2.69 bits per heavy atom. The van der Waals surface area contributed by atoms with Gasteiger partial charge in [-0.1, -0.05) is 11.6 Å². The van der Waals surface area contributed by atoms with Crippen molar-refractivity contribution in [2.45, 2.75) is 38.7 Å². The van der Waals surface area contributed by atoms with E-state index in [4.69, 9.17) is 5.11 Å². The molecule has 13 heavy (non-hydrogen) atoms. The van der Waals surface area contributed by atoms with Crippen LogP contribution in [0.3, 0.4) is 0 Å². The van der Waals surface area contributed by atoms with Crippen molar-refractivity contribution in [1.82, 2.24) is 0 Å². The molecule has 0 bridgehead atoms. The summed E-state index contributed by atoms with van der Waals surface area (Å²) in [5.74, 6) is -1.19. The van der Waals surface area contributed by atoms with Gasteiger partial charge in [-0.05, 0) is 33.1 Å². The van der Waals surface area contributed by atoms with Crippen LogP contribution in [0.25, 0.3) is 0 Å². The van der Waals surface area contributed by atoms with Gasteiger partial charge in [0, 0.05) is 0 Å². The van der Waals surface area contributed by atoms with Gasteiger partial charge in [-0.3, -0.25) is 4.79 Å². The van der Waals surface area contributed by atoms with Gasteiger partial charge >= 0.3 is 5.97 Å². The van der Waals surface area contributed by atoms with Gasteiger partial charge in [0.25, 0.3) is 0 Å². The number of carboxylic acid groups (broad SMARTS) is 1. The van der Waals surface area contributed by atoms with E-state index >= 15 is 0 Å². The van der Waals surface area contributed by atoms with Gasteiger partial charge in [0.15, 0.2) is 0 Å². The average Bonchev–Trinajstić information content (AvgIpc) is 2.03. The summed E-state index contributed by atoms with van der Waals surface area (Å²) in [6, 6.07) is 0. The van der Waals surface area contributed by atoms with Crippen molar-refractivity contribution >= 4 is 5.97 Å². The van der Waals surface area contributed by atoms with Crippen molar-refractivity contribution in [3.63, 3.8) is 0 Å². The fraction of sp³-hybridized carbons (Fsp3) is 0.700. The fourth-order valence-corrected chi connectivity index (χ4v) is 1.52. The lowest BCUT2D eigenvalue weighted by Gasteiger charge is -2.28. The van der Waals surface area contributed by atoms with Crippen LogP contribution >= 0.6 is 0 Å².